The largest absolute Gasteiger partial charge is 2.00 e. The summed E-state index contributed by atoms with van der Waals surface area (Å²) in [5, 5.41) is 13.0. The zero-order valence-corrected chi connectivity index (χ0v) is 27.3. The van der Waals surface area contributed by atoms with Gasteiger partial charge in [-0.3, -0.25) is 0 Å². The van der Waals surface area contributed by atoms with Crippen LogP contribution in [0.2, 0.25) is 0 Å². The van der Waals surface area contributed by atoms with Crippen molar-refractivity contribution in [2.24, 2.45) is 10.9 Å². The van der Waals surface area contributed by atoms with Gasteiger partial charge in [0.25, 0.3) is 0 Å². The van der Waals surface area contributed by atoms with Gasteiger partial charge in [0.2, 0.25) is 0 Å². The maximum absolute atomic E-state index is 10.5. The van der Waals surface area contributed by atoms with Crippen molar-refractivity contribution in [3.63, 3.8) is 0 Å². The Kier molecular flexibility index (Phi) is 14.5. The second-order valence-electron chi connectivity index (χ2n) is 10.6. The fourth-order valence-corrected chi connectivity index (χ4v) is 6.45. The Bertz CT molecular complexity index is 1340. The normalized spacial score (nSPS) is 14.2. The molecule has 0 amide bonds. The van der Waals surface area contributed by atoms with Gasteiger partial charge in [-0.15, -0.1) is 5.56 Å². The molecule has 0 aromatic heterocycles. The summed E-state index contributed by atoms with van der Waals surface area (Å²) >= 11 is 0. The molecule has 0 radical (unpaired) electrons. The fourth-order valence-electron chi connectivity index (χ4n) is 4.15. The topological polar surface area (TPSA) is 61.7 Å². The first-order valence-corrected chi connectivity index (χ1v) is 15.2. The van der Waals surface area contributed by atoms with Gasteiger partial charge < -0.3 is 14.6 Å². The van der Waals surface area contributed by atoms with Crippen LogP contribution in [-0.2, 0) is 35.4 Å². The number of halogens is 3. The van der Waals surface area contributed by atoms with Crippen LogP contribution in [0.1, 0.15) is 33.3 Å². The van der Waals surface area contributed by atoms with Crippen molar-refractivity contribution in [1.29, 1.82) is 0 Å². The van der Waals surface area contributed by atoms with Crippen LogP contribution in [0, 0.1) is 12.0 Å². The molecule has 0 N–H and O–H groups in total. The Morgan fingerprint density at radius 3 is 1.57 bits per heavy atom. The summed E-state index contributed by atoms with van der Waals surface area (Å²) in [4.78, 5) is 13.5. The van der Waals surface area contributed by atoms with E-state index in [0.29, 0.717) is 18.6 Å². The van der Waals surface area contributed by atoms with Crippen molar-refractivity contribution in [2.45, 2.75) is 45.3 Å². The molecular formula is C35H35F3NO3PPd. The minimum absolute atomic E-state index is 0. The molecule has 1 heterocycles. The summed E-state index contributed by atoms with van der Waals surface area (Å²) in [6, 6.07) is 43.9. The molecule has 4 aromatic carbocycles. The van der Waals surface area contributed by atoms with E-state index in [1.54, 1.807) is 0 Å². The molecule has 0 spiro atoms. The average Bonchev–Trinajstić information content (AvgIpc) is 3.52. The minimum atomic E-state index is -5.19. The summed E-state index contributed by atoms with van der Waals surface area (Å²) in [7, 11) is -0.446. The maximum atomic E-state index is 10.5. The number of rotatable bonds is 6. The van der Waals surface area contributed by atoms with Crippen molar-refractivity contribution >= 4 is 35.7 Å². The standard InChI is InChI=1S/C18H15P.C15H20NO.C2HF3O2.Pd/c1-4-10-16(11-5-1)19(17-12-6-2-7-13-17)18-14-8-3-9-15-18;1-11(2)13-10-17-14(16-13)15(3,4)12-8-6-5-7-9-12;3-2(4,5)1(6)7;/h1-15H;5-8,11,13H,10H2,1-4H3;(H,6,7);/q;-1;;+2/p-1/t;13-;;/m.1../s1. The van der Waals surface area contributed by atoms with Gasteiger partial charge in [0.15, 0.2) is 5.90 Å². The van der Waals surface area contributed by atoms with Gasteiger partial charge in [-0.2, -0.15) is 43.5 Å². The Morgan fingerprint density at radius 1 is 0.841 bits per heavy atom. The number of aliphatic imine (C=N–C) groups is 1. The molecule has 1 aliphatic heterocycles. The van der Waals surface area contributed by atoms with E-state index in [1.807, 2.05) is 18.2 Å². The number of carboxylic acids is 1. The summed E-state index contributed by atoms with van der Waals surface area (Å²) in [6.45, 7) is 9.36. The van der Waals surface area contributed by atoms with Crippen LogP contribution < -0.4 is 21.0 Å². The van der Waals surface area contributed by atoms with Crippen LogP contribution in [0.4, 0.5) is 13.2 Å². The Labute approximate surface area is 272 Å². The van der Waals surface area contributed by atoms with Gasteiger partial charge in [-0.25, -0.2) is 4.99 Å². The van der Waals surface area contributed by atoms with Crippen molar-refractivity contribution < 1.29 is 48.2 Å². The molecule has 0 bridgehead atoms. The van der Waals surface area contributed by atoms with Gasteiger partial charge in [-0.05, 0) is 43.6 Å². The number of aliphatic carboxylic acids is 1. The van der Waals surface area contributed by atoms with E-state index < -0.39 is 20.1 Å². The first kappa shape index (κ1) is 36.9. The molecule has 0 unspecified atom stereocenters. The minimum Gasteiger partial charge on any atom is -0.542 e. The first-order valence-electron chi connectivity index (χ1n) is 13.8. The monoisotopic (exact) mass is 711 g/mol. The first-order chi connectivity index (χ1) is 20.4. The number of nitrogens with zero attached hydrogens (tertiary/aromatic N) is 1. The van der Waals surface area contributed by atoms with Crippen molar-refractivity contribution in [3.8, 4) is 0 Å². The van der Waals surface area contributed by atoms with Crippen LogP contribution in [-0.4, -0.2) is 30.7 Å². The molecule has 4 aromatic rings. The predicted molar refractivity (Wildman–Crippen MR) is 167 cm³/mol. The molecule has 0 saturated heterocycles. The molecule has 44 heavy (non-hydrogen) atoms. The summed E-state index contributed by atoms with van der Waals surface area (Å²) in [6.07, 6.45) is -5.19. The van der Waals surface area contributed by atoms with Crippen LogP contribution in [0.3, 0.4) is 0 Å². The Morgan fingerprint density at radius 2 is 1.25 bits per heavy atom. The maximum Gasteiger partial charge on any atom is 2.00 e. The molecule has 4 nitrogen and oxygen atoms in total. The summed E-state index contributed by atoms with van der Waals surface area (Å²) in [5.74, 6) is -1.63. The molecule has 9 heteroatoms. The van der Waals surface area contributed by atoms with Crippen molar-refractivity contribution in [3.05, 3.63) is 127 Å². The van der Waals surface area contributed by atoms with Gasteiger partial charge in [0.05, 0.1) is 6.04 Å². The quantitative estimate of drug-likeness (QED) is 0.141. The molecule has 0 aliphatic carbocycles. The van der Waals surface area contributed by atoms with Gasteiger partial charge in [-0.1, -0.05) is 105 Å². The van der Waals surface area contributed by atoms with Crippen LogP contribution >= 0.6 is 7.92 Å². The number of ether oxygens (including phenoxy) is 1. The average molecular weight is 712 g/mol. The molecule has 1 aliphatic rings. The third kappa shape index (κ3) is 10.7. The third-order valence-electron chi connectivity index (χ3n) is 6.64. The third-order valence-corrected chi connectivity index (χ3v) is 9.08. The zero-order chi connectivity index (χ0) is 31.5. The van der Waals surface area contributed by atoms with Gasteiger partial charge in [0.1, 0.15) is 12.6 Å². The van der Waals surface area contributed by atoms with Crippen molar-refractivity contribution in [1.82, 2.24) is 0 Å². The van der Waals surface area contributed by atoms with Gasteiger partial charge >= 0.3 is 26.6 Å². The molecule has 234 valence electrons. The number of carbonyl (C=O) groups excluding carboxylic acids is 1. The number of alkyl halides is 3. The van der Waals surface area contributed by atoms with Crippen LogP contribution in [0.15, 0.2) is 120 Å². The van der Waals surface area contributed by atoms with E-state index in [1.165, 1.54) is 15.9 Å². The second-order valence-corrected chi connectivity index (χ2v) is 12.8. The predicted octanol–water partition coefficient (Wildman–Crippen LogP) is 5.96. The molecule has 1 atom stereocenters. The Hall–Kier alpha value is -3.30. The molecule has 5 rings (SSSR count). The van der Waals surface area contributed by atoms with E-state index in [4.69, 9.17) is 19.6 Å². The smallest absolute Gasteiger partial charge is 0.542 e. The second kappa shape index (κ2) is 17.3. The van der Waals surface area contributed by atoms with E-state index >= 15 is 0 Å². The fraction of sp³-hybridized carbons (Fsp3) is 0.257. The van der Waals surface area contributed by atoms with E-state index in [2.05, 4.69) is 131 Å². The van der Waals surface area contributed by atoms with E-state index in [-0.39, 0.29) is 25.8 Å². The summed E-state index contributed by atoms with van der Waals surface area (Å²) in [5.41, 5.74) is 0.938. The summed E-state index contributed by atoms with van der Waals surface area (Å²) < 4.78 is 37.3. The SMILES string of the molecule is CC(C)[C@H]1COC(C(C)(C)c2[c-]cccc2)=N1.O=C([O-])C(F)(F)F.[Pd+2].c1ccc(P(c2ccccc2)c2ccccc2)cc1. The molecule has 0 fully saturated rings. The van der Waals surface area contributed by atoms with Gasteiger partial charge in [0, 0.05) is 5.41 Å². The number of hydrogen-bond donors (Lipinski definition) is 0. The van der Waals surface area contributed by atoms with Crippen molar-refractivity contribution in [2.75, 3.05) is 6.61 Å². The number of hydrogen-bond acceptors (Lipinski definition) is 4. The number of benzene rings is 4. The number of carbonyl (C=O) groups is 1. The molecule has 0 saturated carbocycles. The zero-order valence-electron chi connectivity index (χ0n) is 24.9. The number of carboxylic acid groups (broad SMARTS) is 1. The Balaban J connectivity index is 0.000000250. The van der Waals surface area contributed by atoms with E-state index in [9.17, 15) is 13.2 Å². The van der Waals surface area contributed by atoms with Crippen LogP contribution in [0.25, 0.3) is 0 Å². The molecular weight excluding hydrogens is 677 g/mol. The van der Waals surface area contributed by atoms with Crippen LogP contribution in [0.5, 0.6) is 0 Å². The van der Waals surface area contributed by atoms with E-state index in [0.717, 1.165) is 11.5 Å².